The minimum atomic E-state index is -3.84. The van der Waals surface area contributed by atoms with Crippen molar-refractivity contribution in [2.45, 2.75) is 18.7 Å². The molecule has 0 unspecified atom stereocenters. The second-order valence-electron chi connectivity index (χ2n) is 5.61. The molecule has 2 rings (SSSR count). The molecule has 0 heterocycles. The van der Waals surface area contributed by atoms with E-state index in [-0.39, 0.29) is 33.8 Å². The third kappa shape index (κ3) is 4.57. The van der Waals surface area contributed by atoms with Crippen LogP contribution >= 0.6 is 23.2 Å². The molecule has 0 N–H and O–H groups in total. The summed E-state index contributed by atoms with van der Waals surface area (Å²) in [5, 5.41) is 0.672. The molecular weight excluding hydrogens is 371 g/mol. The van der Waals surface area contributed by atoms with Crippen LogP contribution in [0, 0.1) is 5.92 Å². The predicted octanol–water partition coefficient (Wildman–Crippen LogP) is 4.59. The van der Waals surface area contributed by atoms with Gasteiger partial charge in [0.2, 0.25) is 0 Å². The van der Waals surface area contributed by atoms with Gasteiger partial charge in [0.25, 0.3) is 10.1 Å². The summed E-state index contributed by atoms with van der Waals surface area (Å²) in [6, 6.07) is 10.1. The Morgan fingerprint density at radius 1 is 1.08 bits per heavy atom. The lowest BCUT2D eigenvalue weighted by molar-refractivity contribution is 0.103. The molecule has 0 aliphatic carbocycles. The van der Waals surface area contributed by atoms with E-state index in [2.05, 4.69) is 0 Å². The number of carbonyl (C=O) groups excluding carboxylic acids is 1. The van der Waals surface area contributed by atoms with Crippen molar-refractivity contribution in [1.82, 2.24) is 0 Å². The number of carbonyl (C=O) groups is 1. The van der Waals surface area contributed by atoms with Crippen LogP contribution in [0.2, 0.25) is 10.0 Å². The van der Waals surface area contributed by atoms with Crippen LogP contribution in [-0.2, 0) is 14.3 Å². The number of rotatable bonds is 6. The van der Waals surface area contributed by atoms with E-state index in [0.717, 1.165) is 0 Å². The molecule has 0 radical (unpaired) electrons. The largest absolute Gasteiger partial charge is 0.296 e. The number of hydrogen-bond donors (Lipinski definition) is 0. The van der Waals surface area contributed by atoms with Crippen molar-refractivity contribution in [1.29, 1.82) is 0 Å². The van der Waals surface area contributed by atoms with Gasteiger partial charge in [0, 0.05) is 16.1 Å². The minimum Gasteiger partial charge on any atom is -0.289 e. The lowest BCUT2D eigenvalue weighted by atomic mass is 10.0. The first kappa shape index (κ1) is 18.9. The van der Waals surface area contributed by atoms with E-state index in [9.17, 15) is 13.2 Å². The molecule has 0 aromatic heterocycles. The van der Waals surface area contributed by atoms with Crippen molar-refractivity contribution in [2.75, 3.05) is 6.61 Å². The van der Waals surface area contributed by atoms with Gasteiger partial charge in [-0.2, -0.15) is 8.42 Å². The third-order valence-electron chi connectivity index (χ3n) is 3.13. The Morgan fingerprint density at radius 3 is 2.29 bits per heavy atom. The van der Waals surface area contributed by atoms with E-state index in [1.807, 2.05) is 13.8 Å². The molecule has 0 fully saturated rings. The second-order valence-corrected chi connectivity index (χ2v) is 8.07. The first-order valence-corrected chi connectivity index (χ1v) is 9.36. The van der Waals surface area contributed by atoms with E-state index in [0.29, 0.717) is 10.6 Å². The second kappa shape index (κ2) is 7.66. The molecule has 0 spiro atoms. The molecule has 0 amide bonds. The first-order valence-electron chi connectivity index (χ1n) is 7.20. The van der Waals surface area contributed by atoms with E-state index >= 15 is 0 Å². The molecule has 0 aliphatic rings. The van der Waals surface area contributed by atoms with Crippen molar-refractivity contribution >= 4 is 39.1 Å². The summed E-state index contributed by atoms with van der Waals surface area (Å²) in [7, 11) is -3.84. The monoisotopic (exact) mass is 386 g/mol. The van der Waals surface area contributed by atoms with Gasteiger partial charge in [0.1, 0.15) is 0 Å². The summed E-state index contributed by atoms with van der Waals surface area (Å²) in [6.45, 7) is 3.80. The summed E-state index contributed by atoms with van der Waals surface area (Å²) in [6.07, 6.45) is 0. The first-order chi connectivity index (χ1) is 11.2. The van der Waals surface area contributed by atoms with Crippen LogP contribution in [0.15, 0.2) is 47.4 Å². The molecule has 2 aromatic rings. The topological polar surface area (TPSA) is 60.4 Å². The van der Waals surface area contributed by atoms with Crippen LogP contribution in [0.25, 0.3) is 0 Å². The molecule has 24 heavy (non-hydrogen) atoms. The SMILES string of the molecule is CC(C)COS(=O)(=O)c1ccc(C(=O)c2cc(Cl)ccc2Cl)cc1. The molecule has 0 saturated carbocycles. The van der Waals surface area contributed by atoms with Crippen molar-refractivity contribution < 1.29 is 17.4 Å². The molecule has 7 heteroatoms. The van der Waals surface area contributed by atoms with Crippen LogP contribution in [0.1, 0.15) is 29.8 Å². The normalized spacial score (nSPS) is 11.7. The zero-order chi connectivity index (χ0) is 17.9. The summed E-state index contributed by atoms with van der Waals surface area (Å²) in [5.74, 6) is -0.250. The van der Waals surface area contributed by atoms with Gasteiger partial charge in [0.15, 0.2) is 5.78 Å². The average Bonchev–Trinajstić information content (AvgIpc) is 2.55. The fourth-order valence-electron chi connectivity index (χ4n) is 1.89. The van der Waals surface area contributed by atoms with Gasteiger partial charge in [-0.15, -0.1) is 0 Å². The highest BCUT2D eigenvalue weighted by atomic mass is 35.5. The summed E-state index contributed by atoms with van der Waals surface area (Å²) < 4.78 is 29.0. The molecule has 0 bridgehead atoms. The molecule has 0 atom stereocenters. The maximum Gasteiger partial charge on any atom is 0.296 e. The van der Waals surface area contributed by atoms with Crippen LogP contribution in [0.5, 0.6) is 0 Å². The van der Waals surface area contributed by atoms with E-state index < -0.39 is 10.1 Å². The predicted molar refractivity (Wildman–Crippen MR) is 94.3 cm³/mol. The van der Waals surface area contributed by atoms with Gasteiger partial charge in [-0.25, -0.2) is 0 Å². The number of benzene rings is 2. The van der Waals surface area contributed by atoms with Gasteiger partial charge in [-0.3, -0.25) is 8.98 Å². The van der Waals surface area contributed by atoms with Crippen molar-refractivity contribution in [2.24, 2.45) is 5.92 Å². The molecule has 0 saturated heterocycles. The zero-order valence-electron chi connectivity index (χ0n) is 13.1. The van der Waals surface area contributed by atoms with Gasteiger partial charge < -0.3 is 0 Å². The minimum absolute atomic E-state index is 0.00288. The van der Waals surface area contributed by atoms with Crippen molar-refractivity contribution in [3.05, 3.63) is 63.6 Å². The Morgan fingerprint density at radius 2 is 1.71 bits per heavy atom. The number of ketones is 1. The number of hydrogen-bond acceptors (Lipinski definition) is 4. The van der Waals surface area contributed by atoms with Crippen molar-refractivity contribution in [3.8, 4) is 0 Å². The fraction of sp³-hybridized carbons (Fsp3) is 0.235. The molecule has 0 aliphatic heterocycles. The van der Waals surface area contributed by atoms with Crippen LogP contribution in [0.3, 0.4) is 0 Å². The zero-order valence-corrected chi connectivity index (χ0v) is 15.5. The van der Waals surface area contributed by atoms with Crippen LogP contribution in [-0.4, -0.2) is 20.8 Å². The molecule has 128 valence electrons. The maximum atomic E-state index is 12.5. The third-order valence-corrected chi connectivity index (χ3v) is 5.00. The Hall–Kier alpha value is -1.40. The number of halogens is 2. The van der Waals surface area contributed by atoms with Crippen molar-refractivity contribution in [3.63, 3.8) is 0 Å². The highest BCUT2D eigenvalue weighted by molar-refractivity contribution is 7.86. The fourth-order valence-corrected chi connectivity index (χ4v) is 3.33. The van der Waals surface area contributed by atoms with E-state index in [4.69, 9.17) is 27.4 Å². The van der Waals surface area contributed by atoms with Crippen LogP contribution < -0.4 is 0 Å². The quantitative estimate of drug-likeness (QED) is 0.538. The standard InChI is InChI=1S/C17H16Cl2O4S/c1-11(2)10-23-24(21,22)14-6-3-12(4-7-14)17(20)15-9-13(18)5-8-16(15)19/h3-9,11H,10H2,1-2H3. The Bertz CT molecular complexity index is 843. The Labute approximate surface area is 151 Å². The van der Waals surface area contributed by atoms with E-state index in [1.54, 1.807) is 6.07 Å². The van der Waals surface area contributed by atoms with Gasteiger partial charge in [-0.05, 0) is 48.4 Å². The maximum absolute atomic E-state index is 12.5. The molecule has 2 aromatic carbocycles. The summed E-state index contributed by atoms with van der Waals surface area (Å²) >= 11 is 11.9. The van der Waals surface area contributed by atoms with Gasteiger partial charge in [-0.1, -0.05) is 37.0 Å². The van der Waals surface area contributed by atoms with Gasteiger partial charge in [0.05, 0.1) is 16.5 Å². The van der Waals surface area contributed by atoms with Crippen LogP contribution in [0.4, 0.5) is 0 Å². The lowest BCUT2D eigenvalue weighted by Crippen LogP contribution is -2.11. The van der Waals surface area contributed by atoms with E-state index in [1.165, 1.54) is 36.4 Å². The summed E-state index contributed by atoms with van der Waals surface area (Å²) in [4.78, 5) is 12.5. The molecular formula is C17H16Cl2O4S. The Kier molecular flexibility index (Phi) is 6.04. The average molecular weight is 387 g/mol. The van der Waals surface area contributed by atoms with Gasteiger partial charge >= 0.3 is 0 Å². The Balaban J connectivity index is 2.26. The highest BCUT2D eigenvalue weighted by Crippen LogP contribution is 2.24. The smallest absolute Gasteiger partial charge is 0.289 e. The summed E-state index contributed by atoms with van der Waals surface area (Å²) in [5.41, 5.74) is 0.567. The lowest BCUT2D eigenvalue weighted by Gasteiger charge is -2.09. The highest BCUT2D eigenvalue weighted by Gasteiger charge is 2.18. The molecule has 4 nitrogen and oxygen atoms in total.